The van der Waals surface area contributed by atoms with Gasteiger partial charge in [-0.3, -0.25) is 9.48 Å². The third kappa shape index (κ3) is 4.55. The molecule has 1 saturated heterocycles. The van der Waals surface area contributed by atoms with Gasteiger partial charge in [-0.2, -0.15) is 5.10 Å². The Kier molecular flexibility index (Phi) is 5.43. The van der Waals surface area contributed by atoms with Crippen molar-refractivity contribution in [3.8, 4) is 5.75 Å². The minimum absolute atomic E-state index is 0.0535. The van der Waals surface area contributed by atoms with Gasteiger partial charge < -0.3 is 14.8 Å². The molecule has 0 saturated carbocycles. The van der Waals surface area contributed by atoms with Gasteiger partial charge >= 0.3 is 0 Å². The molecule has 7 heteroatoms. The van der Waals surface area contributed by atoms with Gasteiger partial charge in [0.2, 0.25) is 0 Å². The first-order chi connectivity index (χ1) is 11.7. The smallest absolute Gasteiger partial charge is 0.262 e. The molecule has 6 nitrogen and oxygen atoms in total. The van der Waals surface area contributed by atoms with Crippen LogP contribution in [0.4, 0.5) is 10.1 Å². The van der Waals surface area contributed by atoms with Crippen molar-refractivity contribution in [2.24, 2.45) is 0 Å². The standard InChI is InChI=1S/C17H20FN3O3/c18-15-6-1-2-7-16(15)24-12-17(22)20-13-9-19-21(10-13)11-14-5-3-4-8-23-14/h1-2,6-7,9-10,14H,3-5,8,11-12H2,(H,20,22)/t14-/m1/s1. The Hall–Kier alpha value is -2.41. The van der Waals surface area contributed by atoms with Crippen LogP contribution in [0.1, 0.15) is 19.3 Å². The summed E-state index contributed by atoms with van der Waals surface area (Å²) in [5.74, 6) is -0.810. The lowest BCUT2D eigenvalue weighted by atomic mass is 10.1. The third-order valence-corrected chi connectivity index (χ3v) is 3.78. The molecule has 1 N–H and O–H groups in total. The number of nitrogens with zero attached hydrogens (tertiary/aromatic N) is 2. The van der Waals surface area contributed by atoms with Crippen molar-refractivity contribution in [2.45, 2.75) is 31.9 Å². The van der Waals surface area contributed by atoms with E-state index in [0.29, 0.717) is 12.2 Å². The Morgan fingerprint density at radius 3 is 3.08 bits per heavy atom. The number of carbonyl (C=O) groups excluding carboxylic acids is 1. The van der Waals surface area contributed by atoms with Crippen molar-refractivity contribution in [2.75, 3.05) is 18.5 Å². The molecule has 0 unspecified atom stereocenters. The molecule has 1 amide bonds. The van der Waals surface area contributed by atoms with Crippen molar-refractivity contribution < 1.29 is 18.7 Å². The van der Waals surface area contributed by atoms with Gasteiger partial charge in [-0.15, -0.1) is 0 Å². The monoisotopic (exact) mass is 333 g/mol. The summed E-state index contributed by atoms with van der Waals surface area (Å²) in [6.07, 6.45) is 6.80. The van der Waals surface area contributed by atoms with Crippen LogP contribution < -0.4 is 10.1 Å². The Morgan fingerprint density at radius 2 is 2.29 bits per heavy atom. The van der Waals surface area contributed by atoms with Gasteiger partial charge in [0.15, 0.2) is 18.2 Å². The maximum absolute atomic E-state index is 13.4. The molecular formula is C17H20FN3O3. The van der Waals surface area contributed by atoms with Gasteiger partial charge in [0.1, 0.15) is 0 Å². The van der Waals surface area contributed by atoms with Crippen molar-refractivity contribution in [3.05, 3.63) is 42.5 Å². The first kappa shape index (κ1) is 16.4. The predicted molar refractivity (Wildman–Crippen MR) is 86.3 cm³/mol. The summed E-state index contributed by atoms with van der Waals surface area (Å²) in [6.45, 7) is 1.20. The van der Waals surface area contributed by atoms with Crippen LogP contribution in [0, 0.1) is 5.82 Å². The van der Waals surface area contributed by atoms with Crippen LogP contribution in [-0.2, 0) is 16.1 Å². The Balaban J connectivity index is 1.47. The molecule has 24 heavy (non-hydrogen) atoms. The van der Waals surface area contributed by atoms with Gasteiger partial charge in [0, 0.05) is 12.8 Å². The minimum Gasteiger partial charge on any atom is -0.481 e. The highest BCUT2D eigenvalue weighted by atomic mass is 19.1. The van der Waals surface area contributed by atoms with Gasteiger partial charge in [0.25, 0.3) is 5.91 Å². The van der Waals surface area contributed by atoms with Gasteiger partial charge in [0.05, 0.1) is 24.5 Å². The van der Waals surface area contributed by atoms with Gasteiger partial charge in [-0.05, 0) is 31.4 Å². The number of ether oxygens (including phenoxy) is 2. The zero-order chi connectivity index (χ0) is 16.8. The summed E-state index contributed by atoms with van der Waals surface area (Å²) in [5, 5.41) is 6.90. The highest BCUT2D eigenvalue weighted by molar-refractivity contribution is 5.91. The first-order valence-corrected chi connectivity index (χ1v) is 8.02. The Bertz CT molecular complexity index is 683. The molecule has 1 aromatic heterocycles. The number of carbonyl (C=O) groups is 1. The summed E-state index contributed by atoms with van der Waals surface area (Å²) in [4.78, 5) is 11.9. The number of hydrogen-bond acceptors (Lipinski definition) is 4. The topological polar surface area (TPSA) is 65.4 Å². The summed E-state index contributed by atoms with van der Waals surface area (Å²) in [7, 11) is 0. The van der Waals surface area contributed by atoms with Gasteiger partial charge in [-0.1, -0.05) is 12.1 Å². The van der Waals surface area contributed by atoms with E-state index in [9.17, 15) is 9.18 Å². The number of amides is 1. The number of nitrogens with one attached hydrogen (secondary N) is 1. The highest BCUT2D eigenvalue weighted by Crippen LogP contribution is 2.16. The molecule has 0 aliphatic carbocycles. The number of aromatic nitrogens is 2. The molecule has 1 aliphatic heterocycles. The molecule has 1 fully saturated rings. The van der Waals surface area contributed by atoms with Crippen molar-refractivity contribution in [1.82, 2.24) is 9.78 Å². The second-order valence-electron chi connectivity index (χ2n) is 5.71. The molecule has 0 radical (unpaired) electrons. The quantitative estimate of drug-likeness (QED) is 0.882. The SMILES string of the molecule is O=C(COc1ccccc1F)Nc1cnn(C[C@H]2CCCCO2)c1. The Morgan fingerprint density at radius 1 is 1.42 bits per heavy atom. The van der Waals surface area contributed by atoms with Crippen LogP contribution in [0.5, 0.6) is 5.75 Å². The predicted octanol–water partition coefficient (Wildman–Crippen LogP) is 2.61. The van der Waals surface area contributed by atoms with Crippen molar-refractivity contribution in [3.63, 3.8) is 0 Å². The molecule has 0 bridgehead atoms. The van der Waals surface area contributed by atoms with E-state index in [1.807, 2.05) is 0 Å². The fourth-order valence-corrected chi connectivity index (χ4v) is 2.59. The second kappa shape index (κ2) is 7.92. The van der Waals surface area contributed by atoms with Gasteiger partial charge in [-0.25, -0.2) is 4.39 Å². The lowest BCUT2D eigenvalue weighted by Gasteiger charge is -2.22. The number of halogens is 1. The number of rotatable bonds is 6. The number of para-hydroxylation sites is 1. The zero-order valence-electron chi connectivity index (χ0n) is 13.3. The van der Waals surface area contributed by atoms with E-state index in [2.05, 4.69) is 10.4 Å². The zero-order valence-corrected chi connectivity index (χ0v) is 13.3. The second-order valence-corrected chi connectivity index (χ2v) is 5.71. The molecule has 2 aromatic rings. The van der Waals surface area contributed by atoms with Crippen LogP contribution in [0.15, 0.2) is 36.7 Å². The van der Waals surface area contributed by atoms with Crippen LogP contribution in [-0.4, -0.2) is 35.0 Å². The average Bonchev–Trinajstić information content (AvgIpc) is 3.02. The summed E-state index contributed by atoms with van der Waals surface area (Å²) in [5.41, 5.74) is 0.577. The van der Waals surface area contributed by atoms with E-state index < -0.39 is 5.82 Å². The fraction of sp³-hybridized carbons (Fsp3) is 0.412. The number of benzene rings is 1. The van der Waals surface area contributed by atoms with Crippen LogP contribution in [0.2, 0.25) is 0 Å². The summed E-state index contributed by atoms with van der Waals surface area (Å²) < 4.78 is 26.0. The van der Waals surface area contributed by atoms with E-state index >= 15 is 0 Å². The molecule has 1 aromatic carbocycles. The number of anilines is 1. The van der Waals surface area contributed by atoms with Crippen LogP contribution >= 0.6 is 0 Å². The van der Waals surface area contributed by atoms with Crippen molar-refractivity contribution >= 4 is 11.6 Å². The number of hydrogen-bond donors (Lipinski definition) is 1. The maximum Gasteiger partial charge on any atom is 0.262 e. The van der Waals surface area contributed by atoms with E-state index in [-0.39, 0.29) is 24.4 Å². The van der Waals surface area contributed by atoms with E-state index in [0.717, 1.165) is 19.4 Å². The molecule has 1 atom stereocenters. The average molecular weight is 333 g/mol. The van der Waals surface area contributed by atoms with E-state index in [1.54, 1.807) is 29.2 Å². The summed E-state index contributed by atoms with van der Waals surface area (Å²) >= 11 is 0. The largest absolute Gasteiger partial charge is 0.481 e. The molecule has 3 rings (SSSR count). The Labute approximate surface area is 139 Å². The van der Waals surface area contributed by atoms with E-state index in [4.69, 9.17) is 9.47 Å². The highest BCUT2D eigenvalue weighted by Gasteiger charge is 2.15. The maximum atomic E-state index is 13.4. The lowest BCUT2D eigenvalue weighted by molar-refractivity contribution is -0.118. The first-order valence-electron chi connectivity index (χ1n) is 8.02. The molecule has 128 valence electrons. The molecule has 2 heterocycles. The molecular weight excluding hydrogens is 313 g/mol. The summed E-state index contributed by atoms with van der Waals surface area (Å²) in [6, 6.07) is 5.97. The lowest BCUT2D eigenvalue weighted by Crippen LogP contribution is -2.24. The molecule has 1 aliphatic rings. The van der Waals surface area contributed by atoms with Crippen LogP contribution in [0.3, 0.4) is 0 Å². The normalized spacial score (nSPS) is 17.5. The minimum atomic E-state index is -0.495. The van der Waals surface area contributed by atoms with Crippen molar-refractivity contribution in [1.29, 1.82) is 0 Å². The fourth-order valence-electron chi connectivity index (χ4n) is 2.59. The van der Waals surface area contributed by atoms with Crippen LogP contribution in [0.25, 0.3) is 0 Å². The molecule has 0 spiro atoms. The van der Waals surface area contributed by atoms with E-state index in [1.165, 1.54) is 18.6 Å². The third-order valence-electron chi connectivity index (χ3n) is 3.78.